The first-order chi connectivity index (χ1) is 20.6. The van der Waals surface area contributed by atoms with E-state index in [9.17, 15) is 27.3 Å². The molecule has 3 atom stereocenters. The Morgan fingerprint density at radius 2 is 1.84 bits per heavy atom. The van der Waals surface area contributed by atoms with E-state index in [1.165, 1.54) is 12.1 Å². The Labute approximate surface area is 252 Å². The van der Waals surface area contributed by atoms with E-state index in [4.69, 9.17) is 15.2 Å². The van der Waals surface area contributed by atoms with Gasteiger partial charge in [0.05, 0.1) is 35.5 Å². The van der Waals surface area contributed by atoms with E-state index in [0.717, 1.165) is 25.7 Å². The molecule has 0 bridgehead atoms. The Balaban J connectivity index is 1.65. The molecule has 2 aromatic carbocycles. The Bertz CT molecular complexity index is 1390. The number of alkyl halides is 2. The molecule has 9 nitrogen and oxygen atoms in total. The third-order valence-corrected chi connectivity index (χ3v) is 10.4. The number of hydrogen-bond donors (Lipinski definition) is 2. The molecule has 1 saturated carbocycles. The van der Waals surface area contributed by atoms with Gasteiger partial charge in [-0.05, 0) is 73.6 Å². The van der Waals surface area contributed by atoms with Gasteiger partial charge in [-0.2, -0.15) is 14.0 Å². The number of carbonyl (C=O) groups is 1. The summed E-state index contributed by atoms with van der Waals surface area (Å²) < 4.78 is 61.1. The van der Waals surface area contributed by atoms with Gasteiger partial charge >= 0.3 is 6.61 Å². The quantitative estimate of drug-likeness (QED) is 0.338. The maximum atomic E-state index is 13.1. The van der Waals surface area contributed by atoms with Gasteiger partial charge in [-0.25, -0.2) is 8.42 Å². The number of ether oxygens (including phenoxy) is 2. The van der Waals surface area contributed by atoms with Crippen LogP contribution in [0.3, 0.4) is 0 Å². The lowest BCUT2D eigenvalue weighted by molar-refractivity contribution is -0.131. The minimum Gasteiger partial charge on any atom is -0.381 e. The van der Waals surface area contributed by atoms with E-state index in [0.29, 0.717) is 35.8 Å². The highest BCUT2D eigenvalue weighted by molar-refractivity contribution is 7.91. The van der Waals surface area contributed by atoms with Crippen LogP contribution in [-0.4, -0.2) is 71.2 Å². The third-order valence-electron chi connectivity index (χ3n) is 8.63. The largest absolute Gasteiger partial charge is 0.381 e. The lowest BCUT2D eigenvalue weighted by atomic mass is 9.85. The van der Waals surface area contributed by atoms with Crippen molar-refractivity contribution in [3.05, 3.63) is 59.2 Å². The maximum absolute atomic E-state index is 13.1. The highest BCUT2D eigenvalue weighted by atomic mass is 32.2. The molecule has 12 heteroatoms. The fraction of sp³-hybridized carbons (Fsp3) is 0.548. The number of hydrogen-bond acceptors (Lipinski definition) is 8. The third kappa shape index (κ3) is 8.09. The molecule has 1 heterocycles. The number of nitrogens with two attached hydrogens (primary N) is 1. The molecule has 2 fully saturated rings. The minimum absolute atomic E-state index is 0.00978. The molecule has 3 N–H and O–H groups in total. The van der Waals surface area contributed by atoms with E-state index in [1.807, 2.05) is 4.90 Å². The number of nitrogens with one attached hydrogen (secondary N) is 1. The van der Waals surface area contributed by atoms with Crippen molar-refractivity contribution in [3.63, 3.8) is 0 Å². The summed E-state index contributed by atoms with van der Waals surface area (Å²) in [7, 11) is -1.69. The molecule has 1 amide bonds. The van der Waals surface area contributed by atoms with Crippen LogP contribution in [0.4, 0.5) is 14.5 Å². The van der Waals surface area contributed by atoms with Crippen molar-refractivity contribution in [2.45, 2.75) is 87.1 Å². The number of halogens is 2. The zero-order chi connectivity index (χ0) is 31.1. The van der Waals surface area contributed by atoms with Gasteiger partial charge < -0.3 is 25.4 Å². The van der Waals surface area contributed by atoms with Gasteiger partial charge in [-0.15, -0.1) is 0 Å². The van der Waals surface area contributed by atoms with Gasteiger partial charge in [0.25, 0.3) is 0 Å². The number of sulfone groups is 1. The first-order valence-corrected chi connectivity index (χ1v) is 16.3. The van der Waals surface area contributed by atoms with E-state index in [1.54, 1.807) is 44.4 Å². The van der Waals surface area contributed by atoms with Crippen molar-refractivity contribution in [1.29, 1.82) is 5.26 Å². The SMILES string of the molecule is CCS(=O)(=O)c1ccc([C@H](CC#N)c2cc(N3C[C@@H](NC4CCC(OC)CC4)C[C@H]3COC(F)F)ccc2C(N)=O)cc1. The van der Waals surface area contributed by atoms with Crippen LogP contribution in [-0.2, 0) is 19.3 Å². The first-order valence-electron chi connectivity index (χ1n) is 14.6. The summed E-state index contributed by atoms with van der Waals surface area (Å²) in [6, 6.07) is 13.6. The molecule has 0 spiro atoms. The number of rotatable bonds is 13. The highest BCUT2D eigenvalue weighted by Gasteiger charge is 2.35. The summed E-state index contributed by atoms with van der Waals surface area (Å²) in [6.07, 6.45) is 4.74. The van der Waals surface area contributed by atoms with Crippen LogP contribution in [0.1, 0.15) is 72.9 Å². The van der Waals surface area contributed by atoms with Crippen LogP contribution in [0.15, 0.2) is 47.4 Å². The van der Waals surface area contributed by atoms with E-state index in [2.05, 4.69) is 11.4 Å². The molecule has 43 heavy (non-hydrogen) atoms. The summed E-state index contributed by atoms with van der Waals surface area (Å²) in [5.74, 6) is -1.28. The molecular formula is C31H40F2N4O5S. The van der Waals surface area contributed by atoms with Gasteiger partial charge in [0.2, 0.25) is 5.91 Å². The van der Waals surface area contributed by atoms with Gasteiger partial charge in [0.1, 0.15) is 0 Å². The molecule has 0 unspecified atom stereocenters. The molecule has 0 aromatic heterocycles. The number of anilines is 1. The molecule has 1 saturated heterocycles. The fourth-order valence-corrected chi connectivity index (χ4v) is 7.19. The zero-order valence-corrected chi connectivity index (χ0v) is 25.4. The molecule has 234 valence electrons. The Kier molecular flexibility index (Phi) is 11.1. The zero-order valence-electron chi connectivity index (χ0n) is 24.5. The van der Waals surface area contributed by atoms with E-state index in [-0.39, 0.29) is 47.4 Å². The van der Waals surface area contributed by atoms with Crippen molar-refractivity contribution in [3.8, 4) is 6.07 Å². The summed E-state index contributed by atoms with van der Waals surface area (Å²) >= 11 is 0. The fourth-order valence-electron chi connectivity index (χ4n) is 6.31. The number of primary amides is 1. The molecule has 0 radical (unpaired) electrons. The molecule has 2 aromatic rings. The molecule has 2 aliphatic rings. The standard InChI is InChI=1S/C31H40F2N4O5S/c1-3-43(39,40)26-11-4-20(5-12-26)27(14-15-34)29-17-23(8-13-28(29)30(35)38)37-18-22(16-24(37)19-42-31(32)33)36-21-6-9-25(41-2)10-7-21/h4-5,8,11-13,17,21-22,24-25,27,31,36H,3,6-7,9-10,14,16,18-19H2,1-2H3,(H2,35,38)/t21?,22-,24-,25?,27-/m0/s1. The van der Waals surface area contributed by atoms with Crippen molar-refractivity contribution in [2.75, 3.05) is 30.9 Å². The molecule has 1 aliphatic heterocycles. The molecular weight excluding hydrogens is 578 g/mol. The number of nitrogens with zero attached hydrogens (tertiary/aromatic N) is 2. The van der Waals surface area contributed by atoms with E-state index >= 15 is 0 Å². The van der Waals surface area contributed by atoms with Gasteiger partial charge in [-0.3, -0.25) is 4.79 Å². The molecule has 4 rings (SSSR count). The highest BCUT2D eigenvalue weighted by Crippen LogP contribution is 2.36. The lowest BCUT2D eigenvalue weighted by Crippen LogP contribution is -2.42. The second kappa shape index (κ2) is 14.6. The monoisotopic (exact) mass is 618 g/mol. The Morgan fingerprint density at radius 1 is 1.14 bits per heavy atom. The van der Waals surface area contributed by atoms with Crippen LogP contribution in [0.5, 0.6) is 0 Å². The normalized spacial score (nSPS) is 23.3. The van der Waals surface area contributed by atoms with Gasteiger partial charge in [0, 0.05) is 49.3 Å². The predicted octanol–water partition coefficient (Wildman–Crippen LogP) is 4.36. The topological polar surface area (TPSA) is 135 Å². The number of nitriles is 1. The van der Waals surface area contributed by atoms with Crippen molar-refractivity contribution >= 4 is 21.4 Å². The summed E-state index contributed by atoms with van der Waals surface area (Å²) in [6.45, 7) is -0.959. The van der Waals surface area contributed by atoms with Crippen molar-refractivity contribution < 1.29 is 31.5 Å². The lowest BCUT2D eigenvalue weighted by Gasteiger charge is -2.31. The van der Waals surface area contributed by atoms with Crippen LogP contribution in [0.2, 0.25) is 0 Å². The smallest absolute Gasteiger partial charge is 0.345 e. The summed E-state index contributed by atoms with van der Waals surface area (Å²) in [5, 5.41) is 13.4. The van der Waals surface area contributed by atoms with Crippen molar-refractivity contribution in [1.82, 2.24) is 5.32 Å². The van der Waals surface area contributed by atoms with E-state index < -0.39 is 28.3 Å². The minimum atomic E-state index is -3.42. The first kappa shape index (κ1) is 32.8. The summed E-state index contributed by atoms with van der Waals surface area (Å²) in [5.41, 5.74) is 7.85. The Morgan fingerprint density at radius 3 is 2.42 bits per heavy atom. The second-order valence-corrected chi connectivity index (χ2v) is 13.5. The Hall–Kier alpha value is -3.11. The number of carbonyl (C=O) groups excluding carboxylic acids is 1. The molecule has 1 aliphatic carbocycles. The maximum Gasteiger partial charge on any atom is 0.345 e. The van der Waals surface area contributed by atoms with Gasteiger partial charge in [0.15, 0.2) is 9.84 Å². The average molecular weight is 619 g/mol. The van der Waals surface area contributed by atoms with Crippen LogP contribution in [0.25, 0.3) is 0 Å². The number of amides is 1. The average Bonchev–Trinajstić information content (AvgIpc) is 3.41. The van der Waals surface area contributed by atoms with Crippen LogP contribution < -0.4 is 16.0 Å². The number of methoxy groups -OCH3 is 1. The van der Waals surface area contributed by atoms with Crippen LogP contribution >= 0.6 is 0 Å². The van der Waals surface area contributed by atoms with Crippen molar-refractivity contribution in [2.24, 2.45) is 5.73 Å². The predicted molar refractivity (Wildman–Crippen MR) is 159 cm³/mol. The summed E-state index contributed by atoms with van der Waals surface area (Å²) in [4.78, 5) is 14.7. The number of benzene rings is 2. The second-order valence-electron chi connectivity index (χ2n) is 11.2. The van der Waals surface area contributed by atoms with Crippen LogP contribution in [0, 0.1) is 11.3 Å². The van der Waals surface area contributed by atoms with Gasteiger partial charge in [-0.1, -0.05) is 19.1 Å².